The van der Waals surface area contributed by atoms with E-state index >= 15 is 0 Å². The molecule has 3 rings (SSSR count). The Morgan fingerprint density at radius 1 is 1.59 bits per heavy atom. The molecule has 0 bridgehead atoms. The van der Waals surface area contributed by atoms with Gasteiger partial charge < -0.3 is 10.6 Å². The first-order valence-electron chi connectivity index (χ1n) is 5.80. The molecule has 2 N–H and O–H groups in total. The zero-order valence-corrected chi connectivity index (χ0v) is 11.4. The van der Waals surface area contributed by atoms with Gasteiger partial charge in [-0.05, 0) is 6.92 Å². The highest BCUT2D eigenvalue weighted by atomic mass is 32.2. The normalized spacial score (nSPS) is 21.3. The molecule has 1 aliphatic rings. The highest BCUT2D eigenvalue weighted by Crippen LogP contribution is 2.28. The number of imidazole rings is 1. The third-order valence-electron chi connectivity index (χ3n) is 3.17. The van der Waals surface area contributed by atoms with Crippen molar-refractivity contribution in [3.8, 4) is 0 Å². The molecular formula is C11H16N4S2. The van der Waals surface area contributed by atoms with Gasteiger partial charge in [0, 0.05) is 42.2 Å². The van der Waals surface area contributed by atoms with Crippen molar-refractivity contribution in [2.45, 2.75) is 19.5 Å². The van der Waals surface area contributed by atoms with Gasteiger partial charge in [0.05, 0.1) is 5.69 Å². The first kappa shape index (κ1) is 11.4. The average Bonchev–Trinajstić information content (AvgIpc) is 2.89. The molecule has 0 spiro atoms. The quantitative estimate of drug-likeness (QED) is 0.902. The number of anilines is 1. The number of hydrogen-bond acceptors (Lipinski definition) is 5. The van der Waals surface area contributed by atoms with Gasteiger partial charge in [-0.2, -0.15) is 11.8 Å². The number of fused-ring (bicyclic) bond motifs is 1. The van der Waals surface area contributed by atoms with Crippen molar-refractivity contribution in [3.05, 3.63) is 17.3 Å². The summed E-state index contributed by atoms with van der Waals surface area (Å²) in [5.74, 6) is 3.45. The van der Waals surface area contributed by atoms with Crippen molar-refractivity contribution >= 4 is 33.9 Å². The molecule has 0 amide bonds. The number of aromatic nitrogens is 2. The van der Waals surface area contributed by atoms with E-state index in [4.69, 9.17) is 10.7 Å². The lowest BCUT2D eigenvalue weighted by Gasteiger charge is -2.33. The summed E-state index contributed by atoms with van der Waals surface area (Å²) in [5.41, 5.74) is 7.02. The Hall–Kier alpha value is -0.720. The first-order valence-corrected chi connectivity index (χ1v) is 7.83. The standard InChI is InChI=1S/C11H16N4S2/c1-8-7-16-4-2-14(8)10-9(6-12)15-3-5-17-11(15)13-10/h3,5,8H,2,4,6-7,12H2,1H3. The molecule has 1 atom stereocenters. The number of hydrogen-bond donors (Lipinski definition) is 1. The third-order valence-corrected chi connectivity index (χ3v) is 5.12. The van der Waals surface area contributed by atoms with Crippen molar-refractivity contribution in [2.75, 3.05) is 23.0 Å². The second-order valence-corrected chi connectivity index (χ2v) is 6.28. The van der Waals surface area contributed by atoms with Crippen LogP contribution in [0.5, 0.6) is 0 Å². The molecule has 2 aromatic heterocycles. The van der Waals surface area contributed by atoms with Crippen molar-refractivity contribution in [3.63, 3.8) is 0 Å². The molecule has 17 heavy (non-hydrogen) atoms. The van der Waals surface area contributed by atoms with Gasteiger partial charge in [-0.1, -0.05) is 0 Å². The molecule has 2 aromatic rings. The Bertz CT molecular complexity index is 518. The highest BCUT2D eigenvalue weighted by Gasteiger charge is 2.24. The Labute approximate surface area is 109 Å². The summed E-state index contributed by atoms with van der Waals surface area (Å²) < 4.78 is 2.12. The van der Waals surface area contributed by atoms with Gasteiger partial charge in [0.2, 0.25) is 0 Å². The Kier molecular flexibility index (Phi) is 3.02. The van der Waals surface area contributed by atoms with Gasteiger partial charge in [0.15, 0.2) is 10.8 Å². The second-order valence-electron chi connectivity index (χ2n) is 4.26. The van der Waals surface area contributed by atoms with Crippen LogP contribution < -0.4 is 10.6 Å². The van der Waals surface area contributed by atoms with Crippen LogP contribution in [-0.4, -0.2) is 33.5 Å². The number of thioether (sulfide) groups is 1. The first-order chi connectivity index (χ1) is 8.31. The van der Waals surface area contributed by atoms with Crippen LogP contribution in [0, 0.1) is 0 Å². The summed E-state index contributed by atoms with van der Waals surface area (Å²) in [6.45, 7) is 3.88. The van der Waals surface area contributed by atoms with E-state index in [0.717, 1.165) is 23.0 Å². The van der Waals surface area contributed by atoms with E-state index in [1.165, 1.54) is 11.5 Å². The van der Waals surface area contributed by atoms with Crippen molar-refractivity contribution in [1.82, 2.24) is 9.38 Å². The van der Waals surface area contributed by atoms with Crippen LogP contribution in [0.4, 0.5) is 5.82 Å². The molecule has 1 aliphatic heterocycles. The summed E-state index contributed by atoms with van der Waals surface area (Å²) in [4.78, 5) is 8.18. The number of thiazole rings is 1. The molecule has 6 heteroatoms. The molecule has 0 saturated carbocycles. The number of nitrogens with two attached hydrogens (primary N) is 1. The molecule has 4 nitrogen and oxygen atoms in total. The molecular weight excluding hydrogens is 252 g/mol. The number of nitrogens with zero attached hydrogens (tertiary/aromatic N) is 3. The maximum Gasteiger partial charge on any atom is 0.195 e. The Balaban J connectivity index is 2.05. The van der Waals surface area contributed by atoms with Crippen molar-refractivity contribution < 1.29 is 0 Å². The topological polar surface area (TPSA) is 46.6 Å². The molecule has 0 radical (unpaired) electrons. The van der Waals surface area contributed by atoms with Crippen LogP contribution in [-0.2, 0) is 6.54 Å². The van der Waals surface area contributed by atoms with E-state index in [-0.39, 0.29) is 0 Å². The molecule has 0 aromatic carbocycles. The summed E-state index contributed by atoms with van der Waals surface area (Å²) >= 11 is 3.69. The van der Waals surface area contributed by atoms with Crippen LogP contribution in [0.25, 0.3) is 4.96 Å². The second kappa shape index (κ2) is 4.51. The lowest BCUT2D eigenvalue weighted by Crippen LogP contribution is -2.41. The lowest BCUT2D eigenvalue weighted by atomic mass is 10.3. The van der Waals surface area contributed by atoms with Crippen LogP contribution in [0.3, 0.4) is 0 Å². The summed E-state index contributed by atoms with van der Waals surface area (Å²) in [5, 5.41) is 2.06. The van der Waals surface area contributed by atoms with Gasteiger partial charge in [-0.25, -0.2) is 4.98 Å². The number of rotatable bonds is 2. The van der Waals surface area contributed by atoms with Crippen molar-refractivity contribution in [1.29, 1.82) is 0 Å². The molecule has 1 unspecified atom stereocenters. The van der Waals surface area contributed by atoms with Crippen LogP contribution in [0.15, 0.2) is 11.6 Å². The van der Waals surface area contributed by atoms with Gasteiger partial charge in [-0.3, -0.25) is 4.40 Å². The smallest absolute Gasteiger partial charge is 0.195 e. The van der Waals surface area contributed by atoms with Gasteiger partial charge >= 0.3 is 0 Å². The van der Waals surface area contributed by atoms with Crippen LogP contribution in [0.2, 0.25) is 0 Å². The molecule has 92 valence electrons. The highest BCUT2D eigenvalue weighted by molar-refractivity contribution is 7.99. The van der Waals surface area contributed by atoms with Gasteiger partial charge in [0.1, 0.15) is 0 Å². The molecule has 0 aliphatic carbocycles. The van der Waals surface area contributed by atoms with E-state index in [1.807, 2.05) is 11.8 Å². The maximum atomic E-state index is 5.88. The fourth-order valence-electron chi connectivity index (χ4n) is 2.28. The Morgan fingerprint density at radius 2 is 2.47 bits per heavy atom. The van der Waals surface area contributed by atoms with E-state index in [2.05, 4.69) is 27.8 Å². The summed E-state index contributed by atoms with van der Waals surface area (Å²) in [6, 6.07) is 0.545. The molecule has 1 saturated heterocycles. The van der Waals surface area contributed by atoms with E-state index in [1.54, 1.807) is 11.3 Å². The van der Waals surface area contributed by atoms with Gasteiger partial charge in [-0.15, -0.1) is 11.3 Å². The SMILES string of the molecule is CC1CSCCN1c1nc2sccn2c1CN. The third kappa shape index (κ3) is 1.84. The van der Waals surface area contributed by atoms with E-state index < -0.39 is 0 Å². The average molecular weight is 268 g/mol. The predicted molar refractivity (Wildman–Crippen MR) is 75.1 cm³/mol. The van der Waals surface area contributed by atoms with E-state index in [0.29, 0.717) is 12.6 Å². The molecule has 3 heterocycles. The fraction of sp³-hybridized carbons (Fsp3) is 0.545. The largest absolute Gasteiger partial charge is 0.351 e. The van der Waals surface area contributed by atoms with Crippen LogP contribution in [0.1, 0.15) is 12.6 Å². The minimum Gasteiger partial charge on any atom is -0.351 e. The van der Waals surface area contributed by atoms with E-state index in [9.17, 15) is 0 Å². The fourth-order valence-corrected chi connectivity index (χ4v) is 4.02. The maximum absolute atomic E-state index is 5.88. The predicted octanol–water partition coefficient (Wildman–Crippen LogP) is 1.80. The van der Waals surface area contributed by atoms with Crippen molar-refractivity contribution in [2.24, 2.45) is 5.73 Å². The minimum atomic E-state index is 0.545. The Morgan fingerprint density at radius 3 is 3.24 bits per heavy atom. The monoisotopic (exact) mass is 268 g/mol. The minimum absolute atomic E-state index is 0.545. The zero-order chi connectivity index (χ0) is 11.8. The summed E-state index contributed by atoms with van der Waals surface area (Å²) in [6.07, 6.45) is 2.06. The zero-order valence-electron chi connectivity index (χ0n) is 9.80. The lowest BCUT2D eigenvalue weighted by molar-refractivity contribution is 0.686. The summed E-state index contributed by atoms with van der Waals surface area (Å²) in [7, 11) is 0. The molecule has 1 fully saturated rings. The van der Waals surface area contributed by atoms with Crippen LogP contribution >= 0.6 is 23.1 Å². The van der Waals surface area contributed by atoms with Gasteiger partial charge in [0.25, 0.3) is 0 Å².